The van der Waals surface area contributed by atoms with Gasteiger partial charge in [-0.3, -0.25) is 0 Å². The average molecular weight is 301 g/mol. The number of rotatable bonds is 4. The van der Waals surface area contributed by atoms with E-state index >= 15 is 0 Å². The molecule has 0 bridgehead atoms. The number of nitrogens with zero attached hydrogens (tertiary/aromatic N) is 1. The monoisotopic (exact) mass is 300 g/mol. The molecule has 0 aliphatic heterocycles. The van der Waals surface area contributed by atoms with Gasteiger partial charge in [0.15, 0.2) is 0 Å². The Labute approximate surface area is 116 Å². The van der Waals surface area contributed by atoms with Gasteiger partial charge in [0, 0.05) is 24.8 Å². The fraction of sp³-hybridized carbons (Fsp3) is 0.167. The molecule has 0 saturated heterocycles. The number of sulfonamides is 1. The van der Waals surface area contributed by atoms with Crippen LogP contribution in [-0.4, -0.2) is 19.8 Å². The van der Waals surface area contributed by atoms with Crippen molar-refractivity contribution in [2.45, 2.75) is 11.4 Å². The van der Waals surface area contributed by atoms with Crippen molar-refractivity contribution in [1.29, 1.82) is 0 Å². The van der Waals surface area contributed by atoms with E-state index in [1.54, 1.807) is 6.07 Å². The van der Waals surface area contributed by atoms with Crippen LogP contribution in [0, 0.1) is 0 Å². The fourth-order valence-corrected chi connectivity index (χ4v) is 3.30. The Kier molecular flexibility index (Phi) is 3.84. The Balaban J connectivity index is 2.31. The summed E-state index contributed by atoms with van der Waals surface area (Å²) in [6.07, 6.45) is 2.99. The molecule has 0 unspecified atom stereocenters. The molecule has 7 heteroatoms. The van der Waals surface area contributed by atoms with Crippen LogP contribution in [0.4, 0.5) is 5.69 Å². The molecule has 1 aromatic carbocycles. The van der Waals surface area contributed by atoms with E-state index < -0.39 is 10.0 Å². The van der Waals surface area contributed by atoms with Crippen LogP contribution >= 0.6 is 11.6 Å². The summed E-state index contributed by atoms with van der Waals surface area (Å²) in [5.41, 5.74) is 6.73. The first-order valence-electron chi connectivity index (χ1n) is 5.43. The van der Waals surface area contributed by atoms with Crippen LogP contribution in [0.5, 0.6) is 0 Å². The first-order valence-corrected chi connectivity index (χ1v) is 7.25. The maximum atomic E-state index is 12.4. The quantitative estimate of drug-likeness (QED) is 0.879. The van der Waals surface area contributed by atoms with E-state index in [2.05, 4.69) is 0 Å². The zero-order valence-corrected chi connectivity index (χ0v) is 11.8. The maximum absolute atomic E-state index is 12.4. The van der Waals surface area contributed by atoms with Crippen LogP contribution in [-0.2, 0) is 16.6 Å². The second kappa shape index (κ2) is 5.24. The van der Waals surface area contributed by atoms with Gasteiger partial charge in [-0.15, -0.1) is 0 Å². The molecule has 0 atom stereocenters. The third kappa shape index (κ3) is 2.91. The maximum Gasteiger partial charge on any atom is 0.244 e. The largest absolute Gasteiger partial charge is 0.472 e. The molecule has 2 aromatic rings. The van der Waals surface area contributed by atoms with Crippen LogP contribution in [0.3, 0.4) is 0 Å². The smallest absolute Gasteiger partial charge is 0.244 e. The zero-order valence-electron chi connectivity index (χ0n) is 10.2. The summed E-state index contributed by atoms with van der Waals surface area (Å²) >= 11 is 5.94. The van der Waals surface area contributed by atoms with Crippen molar-refractivity contribution in [2.75, 3.05) is 12.8 Å². The highest BCUT2D eigenvalue weighted by atomic mass is 35.5. The summed E-state index contributed by atoms with van der Waals surface area (Å²) in [5.74, 6) is 0. The summed E-state index contributed by atoms with van der Waals surface area (Å²) in [4.78, 5) is 0.0364. The number of furan rings is 1. The fourth-order valence-electron chi connectivity index (χ4n) is 1.62. The van der Waals surface area contributed by atoms with E-state index in [0.717, 1.165) is 5.56 Å². The normalized spacial score (nSPS) is 11.9. The summed E-state index contributed by atoms with van der Waals surface area (Å²) in [6, 6.07) is 6.03. The number of benzene rings is 1. The number of hydrogen-bond donors (Lipinski definition) is 1. The van der Waals surface area contributed by atoms with Gasteiger partial charge in [-0.25, -0.2) is 8.42 Å². The molecule has 0 amide bonds. The van der Waals surface area contributed by atoms with Gasteiger partial charge in [-0.1, -0.05) is 11.6 Å². The van der Waals surface area contributed by atoms with Crippen molar-refractivity contribution >= 4 is 27.3 Å². The van der Waals surface area contributed by atoms with Gasteiger partial charge >= 0.3 is 0 Å². The Hall–Kier alpha value is -1.50. The van der Waals surface area contributed by atoms with Crippen molar-refractivity contribution in [3.8, 4) is 0 Å². The molecule has 1 heterocycles. The van der Waals surface area contributed by atoms with E-state index in [4.69, 9.17) is 21.8 Å². The lowest BCUT2D eigenvalue weighted by Crippen LogP contribution is -2.26. The highest BCUT2D eigenvalue weighted by Crippen LogP contribution is 2.26. The predicted octanol–water partition coefficient (Wildman–Crippen LogP) is 2.34. The van der Waals surface area contributed by atoms with Crippen molar-refractivity contribution in [1.82, 2.24) is 4.31 Å². The molecule has 102 valence electrons. The van der Waals surface area contributed by atoms with Gasteiger partial charge in [-0.05, 0) is 24.3 Å². The highest BCUT2D eigenvalue weighted by Gasteiger charge is 2.23. The van der Waals surface area contributed by atoms with Gasteiger partial charge in [0.25, 0.3) is 0 Å². The number of hydrogen-bond acceptors (Lipinski definition) is 4. The lowest BCUT2D eigenvalue weighted by atomic mass is 10.3. The van der Waals surface area contributed by atoms with Crippen LogP contribution in [0.25, 0.3) is 0 Å². The number of nitrogen functional groups attached to an aromatic ring is 1. The minimum Gasteiger partial charge on any atom is -0.472 e. The van der Waals surface area contributed by atoms with Crippen LogP contribution < -0.4 is 5.73 Å². The SMILES string of the molecule is CN(Cc1ccoc1)S(=O)(=O)c1ccc(N)cc1Cl. The average Bonchev–Trinajstić information content (AvgIpc) is 2.81. The van der Waals surface area contributed by atoms with Gasteiger partial charge in [0.1, 0.15) is 4.90 Å². The zero-order chi connectivity index (χ0) is 14.0. The van der Waals surface area contributed by atoms with E-state index in [-0.39, 0.29) is 16.5 Å². The van der Waals surface area contributed by atoms with Crippen molar-refractivity contribution in [2.24, 2.45) is 0 Å². The van der Waals surface area contributed by atoms with E-state index in [1.807, 2.05) is 0 Å². The lowest BCUT2D eigenvalue weighted by molar-refractivity contribution is 0.463. The van der Waals surface area contributed by atoms with E-state index in [9.17, 15) is 8.42 Å². The van der Waals surface area contributed by atoms with E-state index in [1.165, 1.54) is 42.1 Å². The van der Waals surface area contributed by atoms with Gasteiger partial charge in [-0.2, -0.15) is 4.31 Å². The standard InChI is InChI=1S/C12H13ClN2O3S/c1-15(7-9-4-5-18-8-9)19(16,17)12-3-2-10(14)6-11(12)13/h2-6,8H,7,14H2,1H3. The molecule has 5 nitrogen and oxygen atoms in total. The number of halogens is 1. The van der Waals surface area contributed by atoms with Crippen molar-refractivity contribution in [3.63, 3.8) is 0 Å². The Morgan fingerprint density at radius 1 is 1.37 bits per heavy atom. The van der Waals surface area contributed by atoms with Gasteiger partial charge < -0.3 is 10.2 Å². The molecule has 0 spiro atoms. The Morgan fingerprint density at radius 2 is 2.11 bits per heavy atom. The summed E-state index contributed by atoms with van der Waals surface area (Å²) in [6.45, 7) is 0.208. The minimum absolute atomic E-state index is 0.0364. The second-order valence-corrected chi connectivity index (χ2v) is 6.50. The molecule has 2 N–H and O–H groups in total. The second-order valence-electron chi connectivity index (χ2n) is 4.08. The minimum atomic E-state index is -3.66. The molecule has 0 aliphatic carbocycles. The van der Waals surface area contributed by atoms with Gasteiger partial charge in [0.05, 0.1) is 17.5 Å². The summed E-state index contributed by atoms with van der Waals surface area (Å²) in [5, 5.41) is 0.110. The molecule has 1 aromatic heterocycles. The molecular weight excluding hydrogens is 288 g/mol. The van der Waals surface area contributed by atoms with Crippen molar-refractivity contribution in [3.05, 3.63) is 47.4 Å². The summed E-state index contributed by atoms with van der Waals surface area (Å²) in [7, 11) is -2.18. The third-order valence-electron chi connectivity index (χ3n) is 2.63. The van der Waals surface area contributed by atoms with Gasteiger partial charge in [0.2, 0.25) is 10.0 Å². The molecule has 2 rings (SSSR count). The Bertz CT molecular complexity index is 668. The molecule has 0 aliphatic rings. The van der Waals surface area contributed by atoms with Crippen LogP contribution in [0.15, 0.2) is 46.1 Å². The molecule has 0 radical (unpaired) electrons. The first-order chi connectivity index (χ1) is 8.91. The highest BCUT2D eigenvalue weighted by molar-refractivity contribution is 7.89. The molecule has 0 fully saturated rings. The van der Waals surface area contributed by atoms with E-state index in [0.29, 0.717) is 5.69 Å². The molecular formula is C12H13ClN2O3S. The predicted molar refractivity (Wildman–Crippen MR) is 73.2 cm³/mol. The topological polar surface area (TPSA) is 76.5 Å². The lowest BCUT2D eigenvalue weighted by Gasteiger charge is -2.17. The number of anilines is 1. The van der Waals surface area contributed by atoms with Crippen LogP contribution in [0.2, 0.25) is 5.02 Å². The first kappa shape index (κ1) is 13.9. The molecule has 0 saturated carbocycles. The number of nitrogens with two attached hydrogens (primary N) is 1. The van der Waals surface area contributed by atoms with Crippen LogP contribution in [0.1, 0.15) is 5.56 Å². The van der Waals surface area contributed by atoms with Crippen molar-refractivity contribution < 1.29 is 12.8 Å². The third-order valence-corrected chi connectivity index (χ3v) is 4.92. The Morgan fingerprint density at radius 3 is 2.68 bits per heavy atom. The molecule has 19 heavy (non-hydrogen) atoms. The summed E-state index contributed by atoms with van der Waals surface area (Å²) < 4.78 is 30.8.